The van der Waals surface area contributed by atoms with E-state index in [0.717, 1.165) is 6.42 Å². The maximum absolute atomic E-state index is 6.09. The summed E-state index contributed by atoms with van der Waals surface area (Å²) in [6.45, 7) is 6.80. The predicted octanol–water partition coefficient (Wildman–Crippen LogP) is 4.50. The lowest BCUT2D eigenvalue weighted by Crippen LogP contribution is -2.18. The number of halogens is 1. The molecule has 17 heavy (non-hydrogen) atoms. The van der Waals surface area contributed by atoms with Gasteiger partial charge in [0.1, 0.15) is 5.02 Å². The van der Waals surface area contributed by atoms with Crippen LogP contribution in [0, 0.1) is 5.41 Å². The third-order valence-corrected chi connectivity index (χ3v) is 3.67. The zero-order chi connectivity index (χ0) is 12.9. The average molecular weight is 256 g/mol. The van der Waals surface area contributed by atoms with Crippen molar-refractivity contribution >= 4 is 11.6 Å². The van der Waals surface area contributed by atoms with Gasteiger partial charge in [-0.15, -0.1) is 0 Å². The van der Waals surface area contributed by atoms with Crippen LogP contribution in [0.4, 0.5) is 0 Å². The molecule has 1 unspecified atom stereocenters. The number of aromatic nitrogens is 1. The first-order chi connectivity index (χ1) is 8.04. The number of ether oxygens (including phenoxy) is 1. The summed E-state index contributed by atoms with van der Waals surface area (Å²) in [6, 6.07) is 1.97. The summed E-state index contributed by atoms with van der Waals surface area (Å²) >= 11 is 6.09. The van der Waals surface area contributed by atoms with Crippen molar-refractivity contribution in [3.63, 3.8) is 0 Å². The van der Waals surface area contributed by atoms with Crippen molar-refractivity contribution in [2.45, 2.75) is 46.5 Å². The fraction of sp³-hybridized carbons (Fsp3) is 0.643. The van der Waals surface area contributed by atoms with E-state index in [-0.39, 0.29) is 0 Å². The number of pyridine rings is 1. The van der Waals surface area contributed by atoms with Crippen LogP contribution in [0.15, 0.2) is 12.3 Å². The van der Waals surface area contributed by atoms with Gasteiger partial charge in [0, 0.05) is 6.20 Å². The van der Waals surface area contributed by atoms with Gasteiger partial charge in [-0.2, -0.15) is 0 Å². The minimum atomic E-state index is 0.342. The molecule has 2 nitrogen and oxygen atoms in total. The topological polar surface area (TPSA) is 22.1 Å². The van der Waals surface area contributed by atoms with Gasteiger partial charge in [0.2, 0.25) is 5.88 Å². The van der Waals surface area contributed by atoms with E-state index in [4.69, 9.17) is 16.3 Å². The van der Waals surface area contributed by atoms with Gasteiger partial charge in [0.05, 0.1) is 7.11 Å². The lowest BCUT2D eigenvalue weighted by Gasteiger charge is -2.28. The number of hydrogen-bond donors (Lipinski definition) is 0. The summed E-state index contributed by atoms with van der Waals surface area (Å²) in [5.74, 6) is 0.504. The molecule has 0 fully saturated rings. The second kappa shape index (κ2) is 6.25. The van der Waals surface area contributed by atoms with E-state index >= 15 is 0 Å². The van der Waals surface area contributed by atoms with Crippen LogP contribution in [0.1, 0.15) is 45.6 Å². The Balaban J connectivity index is 2.83. The molecule has 0 aliphatic rings. The third-order valence-electron chi connectivity index (χ3n) is 3.40. The summed E-state index contributed by atoms with van der Waals surface area (Å²) in [5, 5.41) is 0.597. The molecular formula is C14H22ClNO. The van der Waals surface area contributed by atoms with Crippen molar-refractivity contribution in [3.8, 4) is 5.88 Å². The Morgan fingerprint density at radius 2 is 2.12 bits per heavy atom. The van der Waals surface area contributed by atoms with E-state index < -0.39 is 0 Å². The van der Waals surface area contributed by atoms with Gasteiger partial charge in [0.25, 0.3) is 0 Å². The Hall–Kier alpha value is -0.760. The van der Waals surface area contributed by atoms with Gasteiger partial charge in [-0.3, -0.25) is 0 Å². The van der Waals surface area contributed by atoms with Gasteiger partial charge in [-0.1, -0.05) is 45.2 Å². The van der Waals surface area contributed by atoms with E-state index in [1.165, 1.54) is 24.8 Å². The van der Waals surface area contributed by atoms with Crippen molar-refractivity contribution in [2.24, 2.45) is 5.41 Å². The standard InChI is InChI=1S/C14H22ClNO/c1-5-7-14(3,6-2)9-11-8-12(15)13(17-4)16-10-11/h8,10H,5-7,9H2,1-4H3. The number of nitrogens with zero attached hydrogens (tertiary/aromatic N) is 1. The molecule has 0 N–H and O–H groups in total. The van der Waals surface area contributed by atoms with Crippen LogP contribution >= 0.6 is 11.6 Å². The Morgan fingerprint density at radius 1 is 1.41 bits per heavy atom. The molecule has 0 saturated heterocycles. The Bertz CT molecular complexity index is 367. The summed E-state index contributed by atoms with van der Waals surface area (Å²) in [5.41, 5.74) is 1.53. The maximum Gasteiger partial charge on any atom is 0.232 e. The molecule has 96 valence electrons. The molecule has 0 aliphatic carbocycles. The SMILES string of the molecule is CCCC(C)(CC)Cc1cnc(OC)c(Cl)c1. The van der Waals surface area contributed by atoms with E-state index in [2.05, 4.69) is 25.8 Å². The van der Waals surface area contributed by atoms with Gasteiger partial charge in [-0.25, -0.2) is 4.98 Å². The first-order valence-corrected chi connectivity index (χ1v) is 6.61. The van der Waals surface area contributed by atoms with Crippen LogP contribution in [-0.4, -0.2) is 12.1 Å². The largest absolute Gasteiger partial charge is 0.480 e. The lowest BCUT2D eigenvalue weighted by atomic mass is 9.78. The zero-order valence-electron chi connectivity index (χ0n) is 11.2. The summed E-state index contributed by atoms with van der Waals surface area (Å²) in [4.78, 5) is 4.22. The van der Waals surface area contributed by atoms with Crippen LogP contribution in [0.3, 0.4) is 0 Å². The van der Waals surface area contributed by atoms with Crippen molar-refractivity contribution in [1.29, 1.82) is 0 Å². The first kappa shape index (κ1) is 14.3. The highest BCUT2D eigenvalue weighted by Crippen LogP contribution is 2.33. The molecule has 1 aromatic rings. The minimum Gasteiger partial charge on any atom is -0.480 e. The van der Waals surface area contributed by atoms with Crippen molar-refractivity contribution in [3.05, 3.63) is 22.8 Å². The molecule has 0 bridgehead atoms. The molecule has 1 heterocycles. The molecule has 1 rings (SSSR count). The number of methoxy groups -OCH3 is 1. The van der Waals surface area contributed by atoms with E-state index in [1.54, 1.807) is 7.11 Å². The van der Waals surface area contributed by atoms with Gasteiger partial charge in [0.15, 0.2) is 0 Å². The molecule has 0 spiro atoms. The zero-order valence-corrected chi connectivity index (χ0v) is 12.0. The highest BCUT2D eigenvalue weighted by molar-refractivity contribution is 6.31. The third kappa shape index (κ3) is 3.88. The molecule has 0 saturated carbocycles. The summed E-state index contributed by atoms with van der Waals surface area (Å²) < 4.78 is 5.06. The monoisotopic (exact) mass is 255 g/mol. The average Bonchev–Trinajstić information content (AvgIpc) is 2.29. The molecule has 1 aromatic heterocycles. The van der Waals surface area contributed by atoms with Crippen LogP contribution in [-0.2, 0) is 6.42 Å². The highest BCUT2D eigenvalue weighted by atomic mass is 35.5. The van der Waals surface area contributed by atoms with Gasteiger partial charge in [-0.05, 0) is 29.9 Å². The molecule has 0 amide bonds. The van der Waals surface area contributed by atoms with E-state index in [0.29, 0.717) is 16.3 Å². The van der Waals surface area contributed by atoms with Crippen LogP contribution in [0.5, 0.6) is 5.88 Å². The number of rotatable bonds is 6. The molecule has 0 aromatic carbocycles. The second-order valence-electron chi connectivity index (χ2n) is 4.93. The van der Waals surface area contributed by atoms with Crippen LogP contribution in [0.2, 0.25) is 5.02 Å². The lowest BCUT2D eigenvalue weighted by molar-refractivity contribution is 0.279. The minimum absolute atomic E-state index is 0.342. The maximum atomic E-state index is 6.09. The van der Waals surface area contributed by atoms with Crippen molar-refractivity contribution < 1.29 is 4.74 Å². The molecule has 1 atom stereocenters. The van der Waals surface area contributed by atoms with Crippen LogP contribution < -0.4 is 4.74 Å². The summed E-state index contributed by atoms with van der Waals surface area (Å²) in [6.07, 6.45) is 6.50. The predicted molar refractivity (Wildman–Crippen MR) is 72.8 cm³/mol. The highest BCUT2D eigenvalue weighted by Gasteiger charge is 2.22. The van der Waals surface area contributed by atoms with Crippen LogP contribution in [0.25, 0.3) is 0 Å². The van der Waals surface area contributed by atoms with E-state index in [1.807, 2.05) is 12.3 Å². The quantitative estimate of drug-likeness (QED) is 0.747. The normalized spacial score (nSPS) is 14.4. The fourth-order valence-corrected chi connectivity index (χ4v) is 2.46. The Morgan fingerprint density at radius 3 is 2.59 bits per heavy atom. The molecular weight excluding hydrogens is 234 g/mol. The summed E-state index contributed by atoms with van der Waals surface area (Å²) in [7, 11) is 1.58. The fourth-order valence-electron chi connectivity index (χ4n) is 2.20. The Kier molecular flexibility index (Phi) is 5.26. The Labute approximate surface area is 109 Å². The molecule has 0 aliphatic heterocycles. The van der Waals surface area contributed by atoms with Crippen molar-refractivity contribution in [1.82, 2.24) is 4.98 Å². The van der Waals surface area contributed by atoms with Crippen molar-refractivity contribution in [2.75, 3.05) is 7.11 Å². The number of hydrogen-bond acceptors (Lipinski definition) is 2. The molecule has 0 radical (unpaired) electrons. The smallest absolute Gasteiger partial charge is 0.232 e. The van der Waals surface area contributed by atoms with Gasteiger partial charge < -0.3 is 4.74 Å². The van der Waals surface area contributed by atoms with Gasteiger partial charge >= 0.3 is 0 Å². The van der Waals surface area contributed by atoms with E-state index in [9.17, 15) is 0 Å². The molecule has 3 heteroatoms. The first-order valence-electron chi connectivity index (χ1n) is 6.23. The second-order valence-corrected chi connectivity index (χ2v) is 5.33.